The van der Waals surface area contributed by atoms with E-state index in [1.165, 1.54) is 15.8 Å². The first-order valence-corrected chi connectivity index (χ1v) is 20.9. The molecule has 1 aliphatic carbocycles. The molecule has 1 saturated carbocycles. The lowest BCUT2D eigenvalue weighted by Crippen LogP contribution is -2.56. The standard InChI is InChI=1S/C44H55N9O8/c1-44(2,60)37-25-48-51-53(37)33-23-36(41(57)49-34(38(54)39(45)55)15-9-10-19-47-43(59)61-27-29-13-7-4-8-14-29)52(26-33)42(58)35(21-28-11-5-3-6-12-28)50-40(56)31-16-17-32-24-46-20-18-30(32)22-31/h4,7-8,13-14,16-18,20,22,24-25,28,33-36,60H,3,5-6,9-12,15,19,21,23,26-27H2,1-2H3,(H2,45,55)(H,47,59)(H,49,57)(H,50,56)/t33-,34?,35+,36-/m0/s1. The molecule has 1 saturated heterocycles. The molecule has 17 nitrogen and oxygen atoms in total. The summed E-state index contributed by atoms with van der Waals surface area (Å²) >= 11 is 0. The van der Waals surface area contributed by atoms with Gasteiger partial charge < -0.3 is 36.4 Å². The number of aliphatic hydroxyl groups is 1. The van der Waals surface area contributed by atoms with Crippen molar-refractivity contribution in [3.63, 3.8) is 0 Å². The number of ketones is 1. The molecule has 4 aromatic rings. The zero-order valence-corrected chi connectivity index (χ0v) is 34.6. The summed E-state index contributed by atoms with van der Waals surface area (Å²) in [5.74, 6) is -3.72. The van der Waals surface area contributed by atoms with Gasteiger partial charge in [0.1, 0.15) is 24.3 Å². The molecule has 0 radical (unpaired) electrons. The molecule has 324 valence electrons. The number of primary amides is 1. The third-order valence-electron chi connectivity index (χ3n) is 11.5. The van der Waals surface area contributed by atoms with Gasteiger partial charge in [-0.05, 0) is 74.6 Å². The van der Waals surface area contributed by atoms with E-state index in [1.54, 1.807) is 50.5 Å². The number of hydrogen-bond donors (Lipinski definition) is 5. The van der Waals surface area contributed by atoms with E-state index in [0.717, 1.165) is 48.4 Å². The Hall–Kier alpha value is -6.23. The number of nitrogens with two attached hydrogens (primary N) is 1. The molecule has 2 aromatic carbocycles. The number of pyridine rings is 1. The lowest BCUT2D eigenvalue weighted by atomic mass is 9.84. The molecule has 6 rings (SSSR count). The summed E-state index contributed by atoms with van der Waals surface area (Å²) in [5, 5.41) is 29.2. The zero-order chi connectivity index (χ0) is 43.5. The number of rotatable bonds is 18. The van der Waals surface area contributed by atoms with Gasteiger partial charge in [-0.1, -0.05) is 73.7 Å². The second-order valence-electron chi connectivity index (χ2n) is 16.5. The Bertz CT molecular complexity index is 2180. The van der Waals surface area contributed by atoms with Crippen LogP contribution >= 0.6 is 0 Å². The molecule has 61 heavy (non-hydrogen) atoms. The van der Waals surface area contributed by atoms with Gasteiger partial charge in [-0.15, -0.1) is 5.10 Å². The topological polar surface area (TPSA) is 241 Å². The predicted octanol–water partition coefficient (Wildman–Crippen LogP) is 3.60. The van der Waals surface area contributed by atoms with Gasteiger partial charge in [0.15, 0.2) is 0 Å². The van der Waals surface area contributed by atoms with Crippen molar-refractivity contribution >= 4 is 46.3 Å². The van der Waals surface area contributed by atoms with Crippen LogP contribution < -0.4 is 21.7 Å². The number of likely N-dealkylation sites (tertiary alicyclic amines) is 1. The third-order valence-corrected chi connectivity index (χ3v) is 11.5. The average molecular weight is 838 g/mol. The fraction of sp³-hybridized carbons (Fsp3) is 0.477. The molecule has 2 aromatic heterocycles. The number of benzene rings is 2. The first-order chi connectivity index (χ1) is 29.3. The Labute approximate surface area is 354 Å². The summed E-state index contributed by atoms with van der Waals surface area (Å²) in [4.78, 5) is 86.3. The van der Waals surface area contributed by atoms with Gasteiger partial charge in [-0.25, -0.2) is 9.48 Å². The van der Waals surface area contributed by atoms with E-state index in [9.17, 15) is 33.9 Å². The first-order valence-electron chi connectivity index (χ1n) is 20.9. The molecular formula is C44H55N9O8. The third kappa shape index (κ3) is 11.7. The van der Waals surface area contributed by atoms with Crippen molar-refractivity contribution in [3.05, 3.63) is 90.0 Å². The molecule has 1 unspecified atom stereocenters. The van der Waals surface area contributed by atoms with Crippen LogP contribution in [0.5, 0.6) is 0 Å². The largest absolute Gasteiger partial charge is 0.445 e. The molecular weight excluding hydrogens is 783 g/mol. The number of aromatic nitrogens is 4. The van der Waals surface area contributed by atoms with Gasteiger partial charge >= 0.3 is 6.09 Å². The van der Waals surface area contributed by atoms with E-state index >= 15 is 0 Å². The first kappa shape index (κ1) is 44.3. The Morgan fingerprint density at radius 2 is 1.70 bits per heavy atom. The number of nitrogens with one attached hydrogen (secondary N) is 3. The molecule has 17 heteroatoms. The minimum absolute atomic E-state index is 0.0203. The summed E-state index contributed by atoms with van der Waals surface area (Å²) in [7, 11) is 0. The van der Waals surface area contributed by atoms with Gasteiger partial charge in [0.2, 0.25) is 17.6 Å². The molecule has 0 spiro atoms. The van der Waals surface area contributed by atoms with Crippen molar-refractivity contribution in [2.75, 3.05) is 13.1 Å². The van der Waals surface area contributed by atoms with Crippen LogP contribution in [0.1, 0.15) is 106 Å². The lowest BCUT2D eigenvalue weighted by Gasteiger charge is -2.32. The van der Waals surface area contributed by atoms with E-state index in [2.05, 4.69) is 31.2 Å². The molecule has 6 N–H and O–H groups in total. The van der Waals surface area contributed by atoms with E-state index in [-0.39, 0.29) is 38.5 Å². The van der Waals surface area contributed by atoms with E-state index in [0.29, 0.717) is 30.5 Å². The van der Waals surface area contributed by atoms with Crippen LogP contribution in [-0.2, 0) is 36.1 Å². The Morgan fingerprint density at radius 1 is 0.934 bits per heavy atom. The highest BCUT2D eigenvalue weighted by atomic mass is 16.5. The summed E-state index contributed by atoms with van der Waals surface area (Å²) in [6.45, 7) is 3.43. The van der Waals surface area contributed by atoms with Crippen molar-refractivity contribution in [2.24, 2.45) is 11.7 Å². The summed E-state index contributed by atoms with van der Waals surface area (Å²) in [6.07, 6.45) is 10.1. The summed E-state index contributed by atoms with van der Waals surface area (Å²) in [6, 6.07) is 12.1. The number of fused-ring (bicyclic) bond motifs is 1. The van der Waals surface area contributed by atoms with Crippen molar-refractivity contribution in [1.29, 1.82) is 0 Å². The summed E-state index contributed by atoms with van der Waals surface area (Å²) in [5.41, 5.74) is 5.62. The fourth-order valence-corrected chi connectivity index (χ4v) is 8.23. The van der Waals surface area contributed by atoms with Crippen molar-refractivity contribution in [2.45, 2.75) is 114 Å². The Balaban J connectivity index is 1.19. The van der Waals surface area contributed by atoms with Crippen LogP contribution in [0.25, 0.3) is 10.8 Å². The second kappa shape index (κ2) is 20.4. The SMILES string of the molecule is CC(C)(O)c1cnnn1[C@H]1C[C@@H](C(=O)NC(CCCCNC(=O)OCc2ccccc2)C(=O)C(N)=O)N(C(=O)[C@@H](CC2CCCCC2)NC(=O)c2ccc3cnccc3c2)C1. The average Bonchev–Trinajstić information content (AvgIpc) is 3.94. The van der Waals surface area contributed by atoms with E-state index < -0.39 is 65.3 Å². The highest BCUT2D eigenvalue weighted by Gasteiger charge is 2.45. The normalized spacial score (nSPS) is 17.9. The Kier molecular flexibility index (Phi) is 14.8. The number of hydrogen-bond acceptors (Lipinski definition) is 11. The smallest absolute Gasteiger partial charge is 0.407 e. The number of Topliss-reactive ketones (excluding diaryl/α,β-unsaturated/α-hetero) is 1. The van der Waals surface area contributed by atoms with Gasteiger partial charge in [0.05, 0.1) is 24.0 Å². The molecule has 2 aliphatic rings. The number of carbonyl (C=O) groups is 6. The van der Waals surface area contributed by atoms with Gasteiger partial charge in [0, 0.05) is 42.9 Å². The van der Waals surface area contributed by atoms with Gasteiger partial charge in [0.25, 0.3) is 11.8 Å². The monoisotopic (exact) mass is 837 g/mol. The number of nitrogens with zero attached hydrogens (tertiary/aromatic N) is 5. The molecule has 1 aliphatic heterocycles. The number of amides is 5. The molecule has 3 heterocycles. The molecule has 2 fully saturated rings. The fourth-order valence-electron chi connectivity index (χ4n) is 8.23. The van der Waals surface area contributed by atoms with Crippen LogP contribution in [0, 0.1) is 5.92 Å². The van der Waals surface area contributed by atoms with Crippen molar-refractivity contribution in [3.8, 4) is 0 Å². The van der Waals surface area contributed by atoms with Crippen LogP contribution in [0.3, 0.4) is 0 Å². The maximum atomic E-state index is 14.9. The maximum absolute atomic E-state index is 14.9. The van der Waals surface area contributed by atoms with Crippen LogP contribution in [0.4, 0.5) is 4.79 Å². The predicted molar refractivity (Wildman–Crippen MR) is 223 cm³/mol. The quantitative estimate of drug-likeness (QED) is 0.0717. The van der Waals surface area contributed by atoms with Gasteiger partial charge in [-0.3, -0.25) is 29.0 Å². The zero-order valence-electron chi connectivity index (χ0n) is 34.6. The lowest BCUT2D eigenvalue weighted by molar-refractivity contribution is -0.142. The van der Waals surface area contributed by atoms with Gasteiger partial charge in [-0.2, -0.15) is 0 Å². The molecule has 0 bridgehead atoms. The van der Waals surface area contributed by atoms with Crippen molar-refractivity contribution < 1.29 is 38.6 Å². The summed E-state index contributed by atoms with van der Waals surface area (Å²) < 4.78 is 6.74. The van der Waals surface area contributed by atoms with Crippen molar-refractivity contribution in [1.82, 2.24) is 40.8 Å². The van der Waals surface area contributed by atoms with Crippen LogP contribution in [0.2, 0.25) is 0 Å². The van der Waals surface area contributed by atoms with Crippen LogP contribution in [-0.4, -0.2) is 96.7 Å². The number of unbranched alkanes of at least 4 members (excludes halogenated alkanes) is 1. The minimum Gasteiger partial charge on any atom is -0.445 e. The number of carbonyl (C=O) groups excluding carboxylic acids is 6. The van der Waals surface area contributed by atoms with E-state index in [1.807, 2.05) is 30.3 Å². The number of ether oxygens (including phenoxy) is 1. The Morgan fingerprint density at radius 3 is 2.44 bits per heavy atom. The van der Waals surface area contributed by atoms with Crippen LogP contribution in [0.15, 0.2) is 73.2 Å². The molecule has 4 atom stereocenters. The highest BCUT2D eigenvalue weighted by molar-refractivity contribution is 6.37. The molecule has 5 amide bonds. The van der Waals surface area contributed by atoms with E-state index in [4.69, 9.17) is 10.5 Å². The second-order valence-corrected chi connectivity index (χ2v) is 16.5. The minimum atomic E-state index is -1.36. The maximum Gasteiger partial charge on any atom is 0.407 e. The highest BCUT2D eigenvalue weighted by Crippen LogP contribution is 2.34. The number of alkyl carbamates (subject to hydrolysis) is 1.